The number of pyridine rings is 1. The van der Waals surface area contributed by atoms with E-state index in [9.17, 15) is 0 Å². The average Bonchev–Trinajstić information content (AvgIpc) is 2.46. The third-order valence-corrected chi connectivity index (χ3v) is 3.49. The molecule has 0 bridgehead atoms. The van der Waals surface area contributed by atoms with Gasteiger partial charge in [0.25, 0.3) is 0 Å². The number of hydrogen-bond acceptors (Lipinski definition) is 3. The van der Waals surface area contributed by atoms with Crippen molar-refractivity contribution in [1.29, 1.82) is 0 Å². The Morgan fingerprint density at radius 3 is 2.80 bits per heavy atom. The Kier molecular flexibility index (Phi) is 6.09. The van der Waals surface area contributed by atoms with Crippen LogP contribution in [-0.4, -0.2) is 24.6 Å². The predicted octanol–water partition coefficient (Wildman–Crippen LogP) is 4.08. The van der Waals surface area contributed by atoms with Crippen LogP contribution in [0.3, 0.4) is 0 Å². The Bertz CT molecular complexity index is 542. The fourth-order valence-corrected chi connectivity index (χ4v) is 2.30. The first-order valence-corrected chi connectivity index (χ1v) is 7.68. The minimum atomic E-state index is 0.724. The van der Waals surface area contributed by atoms with Gasteiger partial charge in [0.05, 0.1) is 5.52 Å². The fourth-order valence-electron chi connectivity index (χ4n) is 2.14. The second-order valence-electron chi connectivity index (χ2n) is 4.90. The minimum absolute atomic E-state index is 0.724. The van der Waals surface area contributed by atoms with Crippen molar-refractivity contribution < 1.29 is 0 Å². The number of halogens is 1. The normalized spacial score (nSPS) is 10.9. The SMILES string of the molecule is CCCCNCCCNc1ccnc2cc(Cl)ccc12. The maximum atomic E-state index is 5.99. The van der Waals surface area contributed by atoms with E-state index in [-0.39, 0.29) is 0 Å². The molecule has 0 aliphatic rings. The van der Waals surface area contributed by atoms with E-state index in [1.165, 1.54) is 12.8 Å². The molecular formula is C16H22ClN3. The molecule has 2 N–H and O–H groups in total. The van der Waals surface area contributed by atoms with Crippen molar-refractivity contribution in [2.75, 3.05) is 25.0 Å². The summed E-state index contributed by atoms with van der Waals surface area (Å²) >= 11 is 5.99. The fraction of sp³-hybridized carbons (Fsp3) is 0.438. The van der Waals surface area contributed by atoms with Gasteiger partial charge in [0, 0.05) is 28.8 Å². The number of anilines is 1. The van der Waals surface area contributed by atoms with Crippen LogP contribution in [0.1, 0.15) is 26.2 Å². The zero-order chi connectivity index (χ0) is 14.2. The average molecular weight is 292 g/mol. The number of fused-ring (bicyclic) bond motifs is 1. The van der Waals surface area contributed by atoms with E-state index in [1.807, 2.05) is 30.5 Å². The smallest absolute Gasteiger partial charge is 0.0737 e. The largest absolute Gasteiger partial charge is 0.384 e. The van der Waals surface area contributed by atoms with Crippen LogP contribution in [0.15, 0.2) is 30.5 Å². The molecule has 0 amide bonds. The van der Waals surface area contributed by atoms with Gasteiger partial charge in [-0.2, -0.15) is 0 Å². The standard InChI is InChI=1S/C16H22ClN3/c1-2-3-8-18-9-4-10-19-15-7-11-20-16-12-13(17)5-6-14(15)16/h5-7,11-12,18H,2-4,8-10H2,1H3,(H,19,20). The van der Waals surface area contributed by atoms with E-state index in [0.29, 0.717) is 0 Å². The van der Waals surface area contributed by atoms with E-state index < -0.39 is 0 Å². The molecule has 1 aromatic carbocycles. The van der Waals surface area contributed by atoms with Crippen LogP contribution in [0.4, 0.5) is 5.69 Å². The van der Waals surface area contributed by atoms with Crippen molar-refractivity contribution in [2.45, 2.75) is 26.2 Å². The van der Waals surface area contributed by atoms with E-state index in [0.717, 1.165) is 47.7 Å². The van der Waals surface area contributed by atoms with Gasteiger partial charge in [-0.15, -0.1) is 0 Å². The molecule has 4 heteroatoms. The van der Waals surface area contributed by atoms with Crippen LogP contribution < -0.4 is 10.6 Å². The van der Waals surface area contributed by atoms with E-state index in [2.05, 4.69) is 22.5 Å². The molecule has 0 unspecified atom stereocenters. The molecule has 2 aromatic rings. The number of nitrogens with zero attached hydrogens (tertiary/aromatic N) is 1. The molecule has 0 saturated heterocycles. The first-order valence-electron chi connectivity index (χ1n) is 7.30. The maximum absolute atomic E-state index is 5.99. The van der Waals surface area contributed by atoms with E-state index in [4.69, 9.17) is 11.6 Å². The summed E-state index contributed by atoms with van der Waals surface area (Å²) in [7, 11) is 0. The first-order chi connectivity index (χ1) is 9.81. The number of aromatic nitrogens is 1. The van der Waals surface area contributed by atoms with Gasteiger partial charge in [-0.1, -0.05) is 24.9 Å². The second-order valence-corrected chi connectivity index (χ2v) is 5.34. The molecule has 0 fully saturated rings. The van der Waals surface area contributed by atoms with Crippen molar-refractivity contribution in [3.63, 3.8) is 0 Å². The zero-order valence-corrected chi connectivity index (χ0v) is 12.7. The van der Waals surface area contributed by atoms with E-state index >= 15 is 0 Å². The van der Waals surface area contributed by atoms with Gasteiger partial charge in [0.15, 0.2) is 0 Å². The van der Waals surface area contributed by atoms with Gasteiger partial charge >= 0.3 is 0 Å². The molecule has 0 radical (unpaired) electrons. The molecular weight excluding hydrogens is 270 g/mol. The molecule has 0 aliphatic heterocycles. The van der Waals surface area contributed by atoms with Crippen LogP contribution in [0.5, 0.6) is 0 Å². The van der Waals surface area contributed by atoms with Gasteiger partial charge in [0.1, 0.15) is 0 Å². The van der Waals surface area contributed by atoms with Crippen molar-refractivity contribution in [1.82, 2.24) is 10.3 Å². The highest BCUT2D eigenvalue weighted by molar-refractivity contribution is 6.31. The van der Waals surface area contributed by atoms with E-state index in [1.54, 1.807) is 0 Å². The third-order valence-electron chi connectivity index (χ3n) is 3.26. The van der Waals surface area contributed by atoms with Crippen LogP contribution in [0, 0.1) is 0 Å². The molecule has 0 spiro atoms. The van der Waals surface area contributed by atoms with Gasteiger partial charge in [-0.3, -0.25) is 4.98 Å². The summed E-state index contributed by atoms with van der Waals surface area (Å²) in [6, 6.07) is 7.84. The number of unbranched alkanes of at least 4 members (excludes halogenated alkanes) is 1. The van der Waals surface area contributed by atoms with Gasteiger partial charge in [-0.05, 0) is 50.2 Å². The highest BCUT2D eigenvalue weighted by Crippen LogP contribution is 2.24. The maximum Gasteiger partial charge on any atom is 0.0737 e. The number of hydrogen-bond donors (Lipinski definition) is 2. The van der Waals surface area contributed by atoms with Crippen LogP contribution in [-0.2, 0) is 0 Å². The topological polar surface area (TPSA) is 37.0 Å². The summed E-state index contributed by atoms with van der Waals surface area (Å²) in [5.41, 5.74) is 2.06. The number of benzene rings is 1. The lowest BCUT2D eigenvalue weighted by atomic mass is 10.2. The summed E-state index contributed by atoms with van der Waals surface area (Å²) < 4.78 is 0. The monoisotopic (exact) mass is 291 g/mol. The van der Waals surface area contributed by atoms with Crippen molar-refractivity contribution in [2.24, 2.45) is 0 Å². The molecule has 0 saturated carbocycles. The van der Waals surface area contributed by atoms with Gasteiger partial charge in [-0.25, -0.2) is 0 Å². The molecule has 1 heterocycles. The minimum Gasteiger partial charge on any atom is -0.384 e. The Labute approximate surface area is 125 Å². The number of rotatable bonds is 8. The second kappa shape index (κ2) is 8.08. The molecule has 0 aliphatic carbocycles. The molecule has 0 atom stereocenters. The molecule has 108 valence electrons. The van der Waals surface area contributed by atoms with Crippen LogP contribution in [0.25, 0.3) is 10.9 Å². The summed E-state index contributed by atoms with van der Waals surface area (Å²) in [5, 5.41) is 8.77. The summed E-state index contributed by atoms with van der Waals surface area (Å²) in [4.78, 5) is 4.34. The van der Waals surface area contributed by atoms with Crippen LogP contribution in [0.2, 0.25) is 5.02 Å². The van der Waals surface area contributed by atoms with Crippen molar-refractivity contribution in [3.05, 3.63) is 35.5 Å². The lowest BCUT2D eigenvalue weighted by Gasteiger charge is -2.10. The third kappa shape index (κ3) is 4.36. The number of nitrogens with one attached hydrogen (secondary N) is 2. The molecule has 2 rings (SSSR count). The highest BCUT2D eigenvalue weighted by Gasteiger charge is 2.01. The highest BCUT2D eigenvalue weighted by atomic mass is 35.5. The molecule has 1 aromatic heterocycles. The Morgan fingerprint density at radius 1 is 1.10 bits per heavy atom. The molecule has 20 heavy (non-hydrogen) atoms. The van der Waals surface area contributed by atoms with Gasteiger partial charge < -0.3 is 10.6 Å². The quantitative estimate of drug-likeness (QED) is 0.720. The summed E-state index contributed by atoms with van der Waals surface area (Å²) in [6.07, 6.45) is 5.43. The Morgan fingerprint density at radius 2 is 1.95 bits per heavy atom. The first kappa shape index (κ1) is 15.1. The Hall–Kier alpha value is -1.32. The Balaban J connectivity index is 1.84. The van der Waals surface area contributed by atoms with Crippen molar-refractivity contribution in [3.8, 4) is 0 Å². The zero-order valence-electron chi connectivity index (χ0n) is 12.0. The van der Waals surface area contributed by atoms with Crippen molar-refractivity contribution >= 4 is 28.2 Å². The summed E-state index contributed by atoms with van der Waals surface area (Å²) in [5.74, 6) is 0. The van der Waals surface area contributed by atoms with Gasteiger partial charge in [0.2, 0.25) is 0 Å². The predicted molar refractivity (Wildman–Crippen MR) is 87.6 cm³/mol. The lowest BCUT2D eigenvalue weighted by Crippen LogP contribution is -2.19. The molecule has 3 nitrogen and oxygen atoms in total. The van der Waals surface area contributed by atoms with Crippen LogP contribution >= 0.6 is 11.6 Å². The summed E-state index contributed by atoms with van der Waals surface area (Å²) in [6.45, 7) is 5.35. The lowest BCUT2D eigenvalue weighted by molar-refractivity contribution is 0.626.